The Kier molecular flexibility index (Phi) is 3.04. The number of fused-ring (bicyclic) bond motifs is 2. The van der Waals surface area contributed by atoms with Gasteiger partial charge in [-0.25, -0.2) is 0 Å². The van der Waals surface area contributed by atoms with Crippen LogP contribution in [0.15, 0.2) is 0 Å². The summed E-state index contributed by atoms with van der Waals surface area (Å²) in [5.41, 5.74) is 0.317. The fourth-order valence-corrected chi connectivity index (χ4v) is 4.89. The van der Waals surface area contributed by atoms with Gasteiger partial charge < -0.3 is 5.11 Å². The number of carboxylic acids is 1. The molecule has 2 aliphatic carbocycles. The SMILES string of the molecule is CC(C)C1C2CC(CC2C(=O)O)C1C(C)(C)C. The van der Waals surface area contributed by atoms with E-state index >= 15 is 0 Å². The van der Waals surface area contributed by atoms with Gasteiger partial charge in [0.25, 0.3) is 0 Å². The van der Waals surface area contributed by atoms with Crippen LogP contribution >= 0.6 is 0 Å². The van der Waals surface area contributed by atoms with Crippen LogP contribution < -0.4 is 0 Å². The van der Waals surface area contributed by atoms with Gasteiger partial charge in [0.1, 0.15) is 0 Å². The van der Waals surface area contributed by atoms with Crippen molar-refractivity contribution in [2.75, 3.05) is 0 Å². The highest BCUT2D eigenvalue weighted by Crippen LogP contribution is 2.62. The molecule has 2 heteroatoms. The molecule has 2 aliphatic rings. The molecule has 2 rings (SSSR count). The van der Waals surface area contributed by atoms with E-state index in [0.29, 0.717) is 35.0 Å². The van der Waals surface area contributed by atoms with Crippen LogP contribution in [0.3, 0.4) is 0 Å². The Bertz CT molecular complexity index is 313. The van der Waals surface area contributed by atoms with Crippen molar-refractivity contribution < 1.29 is 9.90 Å². The standard InChI is InChI=1S/C15H26O2/c1-8(2)12-10-6-9(7-11(10)14(16)17)13(12)15(3,4)5/h8-13H,6-7H2,1-5H3,(H,16,17). The molecule has 98 valence electrons. The lowest BCUT2D eigenvalue weighted by atomic mass is 9.61. The van der Waals surface area contributed by atoms with Crippen molar-refractivity contribution in [3.8, 4) is 0 Å². The summed E-state index contributed by atoms with van der Waals surface area (Å²) in [5.74, 6) is 2.38. The quantitative estimate of drug-likeness (QED) is 0.797. The van der Waals surface area contributed by atoms with Crippen LogP contribution in [0.25, 0.3) is 0 Å². The zero-order valence-electron chi connectivity index (χ0n) is 11.7. The summed E-state index contributed by atoms with van der Waals surface area (Å²) in [4.78, 5) is 11.3. The summed E-state index contributed by atoms with van der Waals surface area (Å²) in [7, 11) is 0. The van der Waals surface area contributed by atoms with E-state index in [1.807, 2.05) is 0 Å². The van der Waals surface area contributed by atoms with E-state index in [4.69, 9.17) is 0 Å². The van der Waals surface area contributed by atoms with Gasteiger partial charge in [-0.15, -0.1) is 0 Å². The largest absolute Gasteiger partial charge is 0.481 e. The van der Waals surface area contributed by atoms with Gasteiger partial charge in [0.15, 0.2) is 0 Å². The molecule has 0 heterocycles. The Hall–Kier alpha value is -0.530. The second kappa shape index (κ2) is 4.00. The molecule has 2 bridgehead atoms. The zero-order valence-corrected chi connectivity index (χ0v) is 11.7. The summed E-state index contributed by atoms with van der Waals surface area (Å²) >= 11 is 0. The molecule has 0 spiro atoms. The van der Waals surface area contributed by atoms with Crippen molar-refractivity contribution >= 4 is 5.97 Å². The maximum Gasteiger partial charge on any atom is 0.306 e. The molecule has 0 aromatic carbocycles. The van der Waals surface area contributed by atoms with Gasteiger partial charge in [0.05, 0.1) is 5.92 Å². The first kappa shape index (κ1) is 12.9. The van der Waals surface area contributed by atoms with E-state index in [9.17, 15) is 9.90 Å². The summed E-state index contributed by atoms with van der Waals surface area (Å²) in [6, 6.07) is 0. The van der Waals surface area contributed by atoms with Gasteiger partial charge >= 0.3 is 5.97 Å². The highest BCUT2D eigenvalue weighted by Gasteiger charge is 2.57. The summed E-state index contributed by atoms with van der Waals surface area (Å²) in [6.07, 6.45) is 2.08. The molecule has 5 atom stereocenters. The lowest BCUT2D eigenvalue weighted by molar-refractivity contribution is -0.146. The van der Waals surface area contributed by atoms with Gasteiger partial charge in [-0.1, -0.05) is 34.6 Å². The molecule has 0 radical (unpaired) electrons. The van der Waals surface area contributed by atoms with Crippen LogP contribution in [0.2, 0.25) is 0 Å². The van der Waals surface area contributed by atoms with Crippen molar-refractivity contribution in [3.05, 3.63) is 0 Å². The topological polar surface area (TPSA) is 37.3 Å². The Morgan fingerprint density at radius 2 is 1.82 bits per heavy atom. The number of hydrogen-bond donors (Lipinski definition) is 1. The smallest absolute Gasteiger partial charge is 0.306 e. The second-order valence-corrected chi connectivity index (χ2v) is 7.55. The lowest BCUT2D eigenvalue weighted by Gasteiger charge is -2.44. The van der Waals surface area contributed by atoms with Gasteiger partial charge in [-0.2, -0.15) is 0 Å². The van der Waals surface area contributed by atoms with Crippen LogP contribution in [0.4, 0.5) is 0 Å². The first-order chi connectivity index (χ1) is 7.73. The number of carbonyl (C=O) groups is 1. The highest BCUT2D eigenvalue weighted by molar-refractivity contribution is 5.71. The Balaban J connectivity index is 2.27. The van der Waals surface area contributed by atoms with E-state index in [2.05, 4.69) is 34.6 Å². The van der Waals surface area contributed by atoms with Crippen LogP contribution in [0, 0.1) is 40.9 Å². The lowest BCUT2D eigenvalue weighted by Crippen LogP contribution is -2.40. The van der Waals surface area contributed by atoms with Crippen molar-refractivity contribution in [3.63, 3.8) is 0 Å². The number of rotatable bonds is 2. The maximum absolute atomic E-state index is 11.3. The molecular weight excluding hydrogens is 212 g/mol. The normalized spacial score (nSPS) is 41.2. The number of carboxylic acid groups (broad SMARTS) is 1. The van der Waals surface area contributed by atoms with Crippen LogP contribution in [-0.4, -0.2) is 11.1 Å². The van der Waals surface area contributed by atoms with Crippen LogP contribution in [0.1, 0.15) is 47.5 Å². The Labute approximate surface area is 105 Å². The first-order valence-electron chi connectivity index (χ1n) is 6.96. The second-order valence-electron chi connectivity index (χ2n) is 7.55. The van der Waals surface area contributed by atoms with Crippen LogP contribution in [-0.2, 0) is 4.79 Å². The average Bonchev–Trinajstić information content (AvgIpc) is 2.71. The molecule has 2 saturated carbocycles. The molecule has 0 aliphatic heterocycles. The minimum absolute atomic E-state index is 0.0639. The van der Waals surface area contributed by atoms with Crippen molar-refractivity contribution in [1.29, 1.82) is 0 Å². The van der Waals surface area contributed by atoms with E-state index in [-0.39, 0.29) is 5.92 Å². The third kappa shape index (κ3) is 2.00. The molecule has 0 aromatic heterocycles. The van der Waals surface area contributed by atoms with Gasteiger partial charge in [0, 0.05) is 0 Å². The molecule has 0 saturated heterocycles. The van der Waals surface area contributed by atoms with Crippen molar-refractivity contribution in [2.24, 2.45) is 40.9 Å². The van der Waals surface area contributed by atoms with E-state index in [0.717, 1.165) is 12.8 Å². The summed E-state index contributed by atoms with van der Waals surface area (Å²) < 4.78 is 0. The Morgan fingerprint density at radius 3 is 2.24 bits per heavy atom. The van der Waals surface area contributed by atoms with Crippen molar-refractivity contribution in [2.45, 2.75) is 47.5 Å². The fourth-order valence-electron chi connectivity index (χ4n) is 4.89. The highest BCUT2D eigenvalue weighted by atomic mass is 16.4. The third-order valence-electron chi connectivity index (χ3n) is 5.15. The van der Waals surface area contributed by atoms with Gasteiger partial charge in [-0.3, -0.25) is 4.79 Å². The third-order valence-corrected chi connectivity index (χ3v) is 5.15. The summed E-state index contributed by atoms with van der Waals surface area (Å²) in [5, 5.41) is 9.32. The minimum atomic E-state index is -0.560. The molecular formula is C15H26O2. The van der Waals surface area contributed by atoms with E-state index < -0.39 is 5.97 Å². The molecule has 2 fully saturated rings. The maximum atomic E-state index is 11.3. The predicted octanol–water partition coefficient (Wildman–Crippen LogP) is 3.66. The monoisotopic (exact) mass is 238 g/mol. The molecule has 5 unspecified atom stereocenters. The molecule has 2 nitrogen and oxygen atoms in total. The molecule has 0 amide bonds. The van der Waals surface area contributed by atoms with Gasteiger partial charge in [-0.05, 0) is 47.8 Å². The van der Waals surface area contributed by atoms with E-state index in [1.165, 1.54) is 0 Å². The van der Waals surface area contributed by atoms with Crippen LogP contribution in [0.5, 0.6) is 0 Å². The fraction of sp³-hybridized carbons (Fsp3) is 0.933. The number of hydrogen-bond acceptors (Lipinski definition) is 1. The molecule has 0 aromatic rings. The van der Waals surface area contributed by atoms with E-state index in [1.54, 1.807) is 0 Å². The average molecular weight is 238 g/mol. The first-order valence-corrected chi connectivity index (χ1v) is 6.96. The predicted molar refractivity (Wildman–Crippen MR) is 68.6 cm³/mol. The summed E-state index contributed by atoms with van der Waals surface area (Å²) in [6.45, 7) is 11.5. The molecule has 17 heavy (non-hydrogen) atoms. The zero-order chi connectivity index (χ0) is 13.0. The van der Waals surface area contributed by atoms with Crippen molar-refractivity contribution in [1.82, 2.24) is 0 Å². The minimum Gasteiger partial charge on any atom is -0.481 e. The van der Waals surface area contributed by atoms with Gasteiger partial charge in [0.2, 0.25) is 0 Å². The molecule has 1 N–H and O–H groups in total. The Morgan fingerprint density at radius 1 is 1.24 bits per heavy atom. The number of aliphatic carboxylic acids is 1.